The van der Waals surface area contributed by atoms with Crippen LogP contribution in [0.5, 0.6) is 11.5 Å². The molecule has 0 saturated heterocycles. The van der Waals surface area contributed by atoms with Crippen molar-refractivity contribution in [2.24, 2.45) is 0 Å². The molecule has 3 rings (SSSR count). The van der Waals surface area contributed by atoms with Crippen LogP contribution in [0.3, 0.4) is 0 Å². The number of rotatable bonds is 6. The van der Waals surface area contributed by atoms with Crippen molar-refractivity contribution in [1.82, 2.24) is 10.5 Å². The summed E-state index contributed by atoms with van der Waals surface area (Å²) in [6.45, 7) is 0.267. The summed E-state index contributed by atoms with van der Waals surface area (Å²) in [7, 11) is 3.17. The van der Waals surface area contributed by atoms with E-state index in [9.17, 15) is 4.79 Å². The van der Waals surface area contributed by atoms with Gasteiger partial charge in [-0.05, 0) is 30.3 Å². The molecular weight excluding hydrogens is 320 g/mol. The molecule has 0 spiro atoms. The van der Waals surface area contributed by atoms with Gasteiger partial charge in [-0.3, -0.25) is 4.79 Å². The highest BCUT2D eigenvalue weighted by Crippen LogP contribution is 2.24. The molecule has 0 atom stereocenters. The van der Waals surface area contributed by atoms with Crippen molar-refractivity contribution >= 4 is 5.91 Å². The van der Waals surface area contributed by atoms with Crippen LogP contribution < -0.4 is 14.8 Å². The van der Waals surface area contributed by atoms with Crippen molar-refractivity contribution in [3.8, 4) is 22.8 Å². The lowest BCUT2D eigenvalue weighted by molar-refractivity contribution is 0.0949. The van der Waals surface area contributed by atoms with Crippen molar-refractivity contribution < 1.29 is 18.8 Å². The van der Waals surface area contributed by atoms with Gasteiger partial charge >= 0.3 is 0 Å². The van der Waals surface area contributed by atoms with Gasteiger partial charge in [0.1, 0.15) is 17.2 Å². The number of carbonyl (C=O) groups excluding carboxylic acids is 1. The van der Waals surface area contributed by atoms with Crippen LogP contribution in [0, 0.1) is 0 Å². The largest absolute Gasteiger partial charge is 0.497 e. The maximum absolute atomic E-state index is 12.2. The molecule has 1 N–H and O–H groups in total. The minimum Gasteiger partial charge on any atom is -0.497 e. The van der Waals surface area contributed by atoms with E-state index in [2.05, 4.69) is 10.5 Å². The third kappa shape index (κ3) is 3.98. The van der Waals surface area contributed by atoms with Crippen molar-refractivity contribution in [3.63, 3.8) is 0 Å². The van der Waals surface area contributed by atoms with Crippen molar-refractivity contribution in [2.45, 2.75) is 6.54 Å². The number of hydrogen-bond donors (Lipinski definition) is 1. The van der Waals surface area contributed by atoms with E-state index in [1.807, 2.05) is 24.3 Å². The maximum Gasteiger partial charge on any atom is 0.251 e. The summed E-state index contributed by atoms with van der Waals surface area (Å²) in [5, 5.41) is 6.80. The molecule has 2 aromatic carbocycles. The summed E-state index contributed by atoms with van der Waals surface area (Å²) in [5.41, 5.74) is 2.02. The second kappa shape index (κ2) is 7.53. The number of nitrogens with one attached hydrogen (secondary N) is 1. The van der Waals surface area contributed by atoms with Gasteiger partial charge in [-0.1, -0.05) is 23.4 Å². The Labute approximate surface area is 145 Å². The zero-order valence-electron chi connectivity index (χ0n) is 14.0. The molecule has 3 aromatic rings. The minimum absolute atomic E-state index is 0.204. The van der Waals surface area contributed by atoms with Gasteiger partial charge in [0, 0.05) is 17.2 Å². The van der Waals surface area contributed by atoms with Crippen LogP contribution in [0.2, 0.25) is 0 Å². The van der Waals surface area contributed by atoms with Gasteiger partial charge in [-0.2, -0.15) is 0 Å². The lowest BCUT2D eigenvalue weighted by atomic mass is 10.1. The van der Waals surface area contributed by atoms with Crippen molar-refractivity contribution in [2.75, 3.05) is 14.2 Å². The summed E-state index contributed by atoms with van der Waals surface area (Å²) in [6, 6.07) is 16.2. The highest BCUT2D eigenvalue weighted by molar-refractivity contribution is 5.94. The Morgan fingerprint density at radius 3 is 2.52 bits per heavy atom. The predicted octanol–water partition coefficient (Wildman–Crippen LogP) is 3.29. The van der Waals surface area contributed by atoms with Crippen LogP contribution in [0.1, 0.15) is 16.1 Å². The third-order valence-corrected chi connectivity index (χ3v) is 3.68. The Hall–Kier alpha value is -3.28. The average molecular weight is 338 g/mol. The number of aromatic nitrogens is 1. The molecule has 6 nitrogen and oxygen atoms in total. The van der Waals surface area contributed by atoms with Gasteiger partial charge < -0.3 is 19.3 Å². The van der Waals surface area contributed by atoms with Gasteiger partial charge in [-0.15, -0.1) is 0 Å². The van der Waals surface area contributed by atoms with Crippen LogP contribution in [0.15, 0.2) is 59.1 Å². The molecule has 0 saturated carbocycles. The number of ether oxygens (including phenoxy) is 2. The molecule has 0 radical (unpaired) electrons. The smallest absolute Gasteiger partial charge is 0.251 e. The Morgan fingerprint density at radius 1 is 1.04 bits per heavy atom. The standard InChI is InChI=1S/C19H18N2O4/c1-23-16-7-3-5-13(9-16)18-11-15(21-25-18)12-20-19(22)14-6-4-8-17(10-14)24-2/h3-11H,12H2,1-2H3,(H,20,22). The van der Waals surface area contributed by atoms with E-state index < -0.39 is 0 Å². The zero-order valence-corrected chi connectivity index (χ0v) is 14.0. The summed E-state index contributed by atoms with van der Waals surface area (Å²) in [4.78, 5) is 12.2. The topological polar surface area (TPSA) is 73.6 Å². The quantitative estimate of drug-likeness (QED) is 0.746. The predicted molar refractivity (Wildman–Crippen MR) is 92.7 cm³/mol. The molecule has 25 heavy (non-hydrogen) atoms. The normalized spacial score (nSPS) is 10.3. The van der Waals surface area contributed by atoms with Crippen LogP contribution in [-0.4, -0.2) is 25.3 Å². The van der Waals surface area contributed by atoms with E-state index in [0.29, 0.717) is 22.8 Å². The Kier molecular flexibility index (Phi) is 4.99. The molecule has 0 aliphatic carbocycles. The second-order valence-corrected chi connectivity index (χ2v) is 5.33. The summed E-state index contributed by atoms with van der Waals surface area (Å²) >= 11 is 0. The molecule has 0 bridgehead atoms. The summed E-state index contributed by atoms with van der Waals surface area (Å²) in [5.74, 6) is 1.78. The molecular formula is C19H18N2O4. The highest BCUT2D eigenvalue weighted by Gasteiger charge is 2.10. The maximum atomic E-state index is 12.2. The van der Waals surface area contributed by atoms with E-state index in [-0.39, 0.29) is 12.5 Å². The third-order valence-electron chi connectivity index (χ3n) is 3.68. The van der Waals surface area contributed by atoms with Crippen LogP contribution in [0.4, 0.5) is 0 Å². The fraction of sp³-hybridized carbons (Fsp3) is 0.158. The Balaban J connectivity index is 1.66. The SMILES string of the molecule is COc1cccc(C(=O)NCc2cc(-c3cccc(OC)c3)on2)c1. The Bertz CT molecular complexity index is 873. The van der Waals surface area contributed by atoms with E-state index in [0.717, 1.165) is 11.3 Å². The molecule has 0 aliphatic heterocycles. The molecule has 0 aliphatic rings. The van der Waals surface area contributed by atoms with Gasteiger partial charge in [0.2, 0.25) is 0 Å². The average Bonchev–Trinajstić information content (AvgIpc) is 3.15. The number of amides is 1. The highest BCUT2D eigenvalue weighted by atomic mass is 16.5. The minimum atomic E-state index is -0.204. The molecule has 6 heteroatoms. The first kappa shape index (κ1) is 16.6. The van der Waals surface area contributed by atoms with Gasteiger partial charge in [0.05, 0.1) is 20.8 Å². The number of benzene rings is 2. The molecule has 1 heterocycles. The number of carbonyl (C=O) groups is 1. The lowest BCUT2D eigenvalue weighted by Gasteiger charge is -2.05. The van der Waals surface area contributed by atoms with Crippen molar-refractivity contribution in [3.05, 3.63) is 65.9 Å². The fourth-order valence-corrected chi connectivity index (χ4v) is 2.34. The molecule has 1 aromatic heterocycles. The first-order chi connectivity index (χ1) is 12.2. The van der Waals surface area contributed by atoms with Crippen LogP contribution in [0.25, 0.3) is 11.3 Å². The van der Waals surface area contributed by atoms with E-state index in [4.69, 9.17) is 14.0 Å². The summed E-state index contributed by atoms with van der Waals surface area (Å²) < 4.78 is 15.7. The van der Waals surface area contributed by atoms with E-state index >= 15 is 0 Å². The summed E-state index contributed by atoms with van der Waals surface area (Å²) in [6.07, 6.45) is 0. The first-order valence-electron chi connectivity index (χ1n) is 7.72. The van der Waals surface area contributed by atoms with Crippen LogP contribution in [-0.2, 0) is 6.54 Å². The number of hydrogen-bond acceptors (Lipinski definition) is 5. The Morgan fingerprint density at radius 2 is 1.76 bits per heavy atom. The number of methoxy groups -OCH3 is 2. The first-order valence-corrected chi connectivity index (χ1v) is 7.72. The molecule has 0 unspecified atom stereocenters. The molecule has 128 valence electrons. The van der Waals surface area contributed by atoms with Crippen LogP contribution >= 0.6 is 0 Å². The number of nitrogens with zero attached hydrogens (tertiary/aromatic N) is 1. The lowest BCUT2D eigenvalue weighted by Crippen LogP contribution is -2.22. The van der Waals surface area contributed by atoms with Gasteiger partial charge in [0.25, 0.3) is 5.91 Å². The van der Waals surface area contributed by atoms with Gasteiger partial charge in [-0.25, -0.2) is 0 Å². The molecule has 1 amide bonds. The van der Waals surface area contributed by atoms with Crippen molar-refractivity contribution in [1.29, 1.82) is 0 Å². The van der Waals surface area contributed by atoms with E-state index in [1.54, 1.807) is 44.6 Å². The van der Waals surface area contributed by atoms with E-state index in [1.165, 1.54) is 0 Å². The fourth-order valence-electron chi connectivity index (χ4n) is 2.34. The zero-order chi connectivity index (χ0) is 17.6. The van der Waals surface area contributed by atoms with Gasteiger partial charge in [0.15, 0.2) is 5.76 Å². The molecule has 0 fully saturated rings. The second-order valence-electron chi connectivity index (χ2n) is 5.33. The monoisotopic (exact) mass is 338 g/mol.